The third kappa shape index (κ3) is 4.27. The van der Waals surface area contributed by atoms with E-state index in [4.69, 9.17) is 0 Å². The van der Waals surface area contributed by atoms with Crippen LogP contribution >= 0.6 is 0 Å². The van der Waals surface area contributed by atoms with Gasteiger partial charge in [0.25, 0.3) is 5.91 Å². The van der Waals surface area contributed by atoms with Gasteiger partial charge in [-0.2, -0.15) is 0 Å². The van der Waals surface area contributed by atoms with Crippen molar-refractivity contribution in [1.29, 1.82) is 0 Å². The molecular formula is C21H25N5O. The third-order valence-corrected chi connectivity index (χ3v) is 5.18. The van der Waals surface area contributed by atoms with Crippen LogP contribution < -0.4 is 10.6 Å². The first-order valence-electron chi connectivity index (χ1n) is 9.72. The summed E-state index contributed by atoms with van der Waals surface area (Å²) in [6, 6.07) is 10.3. The molecular weight excluding hydrogens is 338 g/mol. The van der Waals surface area contributed by atoms with Crippen molar-refractivity contribution >= 4 is 22.8 Å². The molecule has 1 aromatic carbocycles. The number of fused-ring (bicyclic) bond motifs is 1. The predicted molar refractivity (Wildman–Crippen MR) is 107 cm³/mol. The van der Waals surface area contributed by atoms with Gasteiger partial charge in [0.2, 0.25) is 5.95 Å². The summed E-state index contributed by atoms with van der Waals surface area (Å²) >= 11 is 0. The number of benzene rings is 1. The van der Waals surface area contributed by atoms with Crippen LogP contribution in [0.2, 0.25) is 0 Å². The Balaban J connectivity index is 1.33. The Morgan fingerprint density at radius 3 is 2.89 bits per heavy atom. The number of rotatable bonds is 6. The minimum Gasteiger partial charge on any atom is -0.361 e. The second-order valence-corrected chi connectivity index (χ2v) is 7.11. The van der Waals surface area contributed by atoms with Crippen LogP contribution in [0.1, 0.15) is 48.2 Å². The van der Waals surface area contributed by atoms with E-state index >= 15 is 0 Å². The smallest absolute Gasteiger partial charge is 0.270 e. The van der Waals surface area contributed by atoms with Crippen LogP contribution in [0.25, 0.3) is 10.9 Å². The zero-order valence-electron chi connectivity index (χ0n) is 15.4. The minimum absolute atomic E-state index is 0.163. The first-order valence-corrected chi connectivity index (χ1v) is 9.72. The van der Waals surface area contributed by atoms with E-state index in [0.717, 1.165) is 24.8 Å². The van der Waals surface area contributed by atoms with Crippen LogP contribution in [0.3, 0.4) is 0 Å². The van der Waals surface area contributed by atoms with Crippen LogP contribution in [0, 0.1) is 0 Å². The summed E-state index contributed by atoms with van der Waals surface area (Å²) in [7, 11) is 0. The fraction of sp³-hybridized carbons (Fsp3) is 0.381. The summed E-state index contributed by atoms with van der Waals surface area (Å²) in [6.45, 7) is 0.566. The highest BCUT2D eigenvalue weighted by atomic mass is 16.1. The molecule has 6 heteroatoms. The second kappa shape index (κ2) is 8.20. The van der Waals surface area contributed by atoms with Gasteiger partial charge < -0.3 is 15.6 Å². The molecule has 6 nitrogen and oxygen atoms in total. The van der Waals surface area contributed by atoms with E-state index in [2.05, 4.69) is 37.7 Å². The van der Waals surface area contributed by atoms with Crippen molar-refractivity contribution in [2.24, 2.45) is 0 Å². The molecule has 0 spiro atoms. The summed E-state index contributed by atoms with van der Waals surface area (Å²) in [6.07, 6.45) is 10.5. The molecule has 1 amide bonds. The predicted octanol–water partition coefficient (Wildman–Crippen LogP) is 3.68. The van der Waals surface area contributed by atoms with Gasteiger partial charge in [0.15, 0.2) is 0 Å². The molecule has 140 valence electrons. The number of aromatic nitrogens is 3. The molecule has 4 rings (SSSR count). The number of carbonyl (C=O) groups excluding carboxylic acids is 1. The summed E-state index contributed by atoms with van der Waals surface area (Å²) in [4.78, 5) is 24.4. The summed E-state index contributed by atoms with van der Waals surface area (Å²) in [5.41, 5.74) is 2.73. The molecule has 0 atom stereocenters. The Hall–Kier alpha value is -2.89. The van der Waals surface area contributed by atoms with E-state index in [-0.39, 0.29) is 5.91 Å². The maximum Gasteiger partial charge on any atom is 0.270 e. The number of nitrogens with one attached hydrogen (secondary N) is 3. The average molecular weight is 363 g/mol. The molecule has 1 saturated carbocycles. The zero-order chi connectivity index (χ0) is 18.5. The van der Waals surface area contributed by atoms with Gasteiger partial charge in [0.1, 0.15) is 5.69 Å². The Morgan fingerprint density at radius 1 is 1.15 bits per heavy atom. The van der Waals surface area contributed by atoms with Crippen LogP contribution in [0.4, 0.5) is 5.95 Å². The van der Waals surface area contributed by atoms with Gasteiger partial charge in [-0.05, 0) is 37.0 Å². The van der Waals surface area contributed by atoms with E-state index in [1.54, 1.807) is 12.3 Å². The number of H-pyrrole nitrogens is 1. The lowest BCUT2D eigenvalue weighted by molar-refractivity contribution is 0.0949. The number of hydrogen-bond acceptors (Lipinski definition) is 4. The van der Waals surface area contributed by atoms with Crippen molar-refractivity contribution in [3.63, 3.8) is 0 Å². The van der Waals surface area contributed by atoms with Crippen molar-refractivity contribution in [2.45, 2.75) is 44.6 Å². The van der Waals surface area contributed by atoms with Crippen LogP contribution in [-0.2, 0) is 6.42 Å². The lowest BCUT2D eigenvalue weighted by Gasteiger charge is -2.22. The number of amides is 1. The molecule has 0 radical (unpaired) electrons. The van der Waals surface area contributed by atoms with Crippen molar-refractivity contribution in [2.75, 3.05) is 11.9 Å². The summed E-state index contributed by atoms with van der Waals surface area (Å²) in [5.74, 6) is 0.384. The van der Waals surface area contributed by atoms with Crippen LogP contribution in [0.5, 0.6) is 0 Å². The molecule has 2 heterocycles. The van der Waals surface area contributed by atoms with E-state index < -0.39 is 0 Å². The van der Waals surface area contributed by atoms with Gasteiger partial charge in [0, 0.05) is 35.9 Å². The van der Waals surface area contributed by atoms with Gasteiger partial charge in [-0.15, -0.1) is 0 Å². The molecule has 3 aromatic rings. The average Bonchev–Trinajstić information content (AvgIpc) is 3.12. The van der Waals surface area contributed by atoms with Crippen LogP contribution in [-0.4, -0.2) is 33.4 Å². The quantitative estimate of drug-likeness (QED) is 0.624. The van der Waals surface area contributed by atoms with Crippen molar-refractivity contribution in [1.82, 2.24) is 20.3 Å². The van der Waals surface area contributed by atoms with Gasteiger partial charge in [-0.3, -0.25) is 4.79 Å². The van der Waals surface area contributed by atoms with Gasteiger partial charge >= 0.3 is 0 Å². The monoisotopic (exact) mass is 363 g/mol. The number of carbonyl (C=O) groups is 1. The summed E-state index contributed by atoms with van der Waals surface area (Å²) < 4.78 is 0. The standard InChI is InChI=1S/C21H25N5O/c27-20(22-12-10-15-14-24-18-9-5-4-8-17(15)18)19-11-13-23-21(26-19)25-16-6-2-1-3-7-16/h4-5,8-9,11,13-14,16,24H,1-3,6-7,10,12H2,(H,22,27)(H,23,25,26). The largest absolute Gasteiger partial charge is 0.361 e. The maximum absolute atomic E-state index is 12.4. The number of nitrogens with zero attached hydrogens (tertiary/aromatic N) is 2. The minimum atomic E-state index is -0.163. The fourth-order valence-electron chi connectivity index (χ4n) is 3.72. The summed E-state index contributed by atoms with van der Waals surface area (Å²) in [5, 5.41) is 7.53. The number of aromatic amines is 1. The van der Waals surface area contributed by atoms with E-state index in [1.165, 1.54) is 30.2 Å². The van der Waals surface area contributed by atoms with Gasteiger partial charge in [-0.1, -0.05) is 37.5 Å². The van der Waals surface area contributed by atoms with E-state index in [0.29, 0.717) is 24.2 Å². The Labute approximate surface area is 158 Å². The van der Waals surface area contributed by atoms with Crippen molar-refractivity contribution in [3.8, 4) is 0 Å². The number of anilines is 1. The van der Waals surface area contributed by atoms with E-state index in [1.807, 2.05) is 18.3 Å². The van der Waals surface area contributed by atoms with Gasteiger partial charge in [0.05, 0.1) is 0 Å². The fourth-order valence-corrected chi connectivity index (χ4v) is 3.72. The molecule has 2 aromatic heterocycles. The molecule has 0 aliphatic heterocycles. The van der Waals surface area contributed by atoms with Gasteiger partial charge in [-0.25, -0.2) is 9.97 Å². The Bertz CT molecular complexity index is 914. The topological polar surface area (TPSA) is 82.7 Å². The highest BCUT2D eigenvalue weighted by molar-refractivity contribution is 5.92. The van der Waals surface area contributed by atoms with Crippen molar-refractivity contribution < 1.29 is 4.79 Å². The molecule has 1 fully saturated rings. The highest BCUT2D eigenvalue weighted by Gasteiger charge is 2.15. The molecule has 0 bridgehead atoms. The molecule has 3 N–H and O–H groups in total. The number of hydrogen-bond donors (Lipinski definition) is 3. The molecule has 0 unspecified atom stereocenters. The molecule has 27 heavy (non-hydrogen) atoms. The zero-order valence-corrected chi connectivity index (χ0v) is 15.4. The first-order chi connectivity index (χ1) is 13.3. The van der Waals surface area contributed by atoms with Crippen LogP contribution in [0.15, 0.2) is 42.7 Å². The SMILES string of the molecule is O=C(NCCc1c[nH]c2ccccc12)c1ccnc(NC2CCCCC2)n1. The highest BCUT2D eigenvalue weighted by Crippen LogP contribution is 2.20. The molecule has 1 aliphatic rings. The number of para-hydroxylation sites is 1. The molecule has 1 aliphatic carbocycles. The second-order valence-electron chi connectivity index (χ2n) is 7.11. The van der Waals surface area contributed by atoms with Crippen molar-refractivity contribution in [3.05, 3.63) is 54.0 Å². The third-order valence-electron chi connectivity index (χ3n) is 5.18. The van der Waals surface area contributed by atoms with E-state index in [9.17, 15) is 4.79 Å². The molecule has 0 saturated heterocycles. The maximum atomic E-state index is 12.4. The lowest BCUT2D eigenvalue weighted by Crippen LogP contribution is -2.28. The Morgan fingerprint density at radius 2 is 2.00 bits per heavy atom. The normalized spacial score (nSPS) is 15.0. The Kier molecular flexibility index (Phi) is 5.32. The lowest BCUT2D eigenvalue weighted by atomic mass is 9.96. The first kappa shape index (κ1) is 17.5.